The molecule has 1 atom stereocenters. The number of methoxy groups -OCH3 is 1. The van der Waals surface area contributed by atoms with E-state index in [9.17, 15) is 14.7 Å². The van der Waals surface area contributed by atoms with Crippen LogP contribution in [0.25, 0.3) is 0 Å². The fraction of sp³-hybridized carbons (Fsp3) is 0.158. The lowest BCUT2D eigenvalue weighted by Gasteiger charge is -2.08. The summed E-state index contributed by atoms with van der Waals surface area (Å²) in [7, 11) is 1.43. The summed E-state index contributed by atoms with van der Waals surface area (Å²) < 4.78 is 10.3. The molecule has 0 aromatic heterocycles. The van der Waals surface area contributed by atoms with Crippen molar-refractivity contribution in [1.29, 1.82) is 0 Å². The highest BCUT2D eigenvalue weighted by molar-refractivity contribution is 6.42. The van der Waals surface area contributed by atoms with Crippen LogP contribution in [-0.2, 0) is 14.3 Å². The molecule has 1 unspecified atom stereocenters. The van der Waals surface area contributed by atoms with Gasteiger partial charge < -0.3 is 19.9 Å². The van der Waals surface area contributed by atoms with E-state index in [1.54, 1.807) is 24.3 Å². The molecule has 9 nitrogen and oxygen atoms in total. The van der Waals surface area contributed by atoms with E-state index in [-0.39, 0.29) is 23.9 Å². The van der Waals surface area contributed by atoms with Crippen LogP contribution in [-0.4, -0.2) is 42.4 Å². The van der Waals surface area contributed by atoms with E-state index in [0.29, 0.717) is 21.3 Å². The average Bonchev–Trinajstić information content (AvgIpc) is 3.05. The second-order valence-electron chi connectivity index (χ2n) is 6.06. The number of phenols is 1. The van der Waals surface area contributed by atoms with Crippen LogP contribution < -0.4 is 15.4 Å². The lowest BCUT2D eigenvalue weighted by molar-refractivity contribution is -0.127. The summed E-state index contributed by atoms with van der Waals surface area (Å²) in [5.41, 5.74) is 1.05. The van der Waals surface area contributed by atoms with Gasteiger partial charge in [-0.25, -0.2) is 0 Å². The number of nitrogens with one attached hydrogen (secondary N) is 2. The van der Waals surface area contributed by atoms with Crippen molar-refractivity contribution < 1.29 is 24.2 Å². The van der Waals surface area contributed by atoms with Gasteiger partial charge in [-0.05, 0) is 42.0 Å². The Balaban J connectivity index is 1.57. The average molecular weight is 451 g/mol. The molecule has 1 fully saturated rings. The normalized spacial score (nSPS) is 17.1. The van der Waals surface area contributed by atoms with Crippen LogP contribution in [0.4, 0.5) is 5.69 Å². The molecule has 0 aliphatic carbocycles. The molecule has 2 aromatic carbocycles. The van der Waals surface area contributed by atoms with E-state index < -0.39 is 17.9 Å². The Morgan fingerprint density at radius 1 is 1.30 bits per heavy atom. The van der Waals surface area contributed by atoms with Crippen molar-refractivity contribution in [3.05, 3.63) is 52.0 Å². The molecule has 3 N–H and O–H groups in total. The monoisotopic (exact) mass is 450 g/mol. The number of halogens is 2. The number of carbonyl (C=O) groups is 2. The fourth-order valence-electron chi connectivity index (χ4n) is 2.46. The third kappa shape index (κ3) is 5.40. The van der Waals surface area contributed by atoms with Crippen LogP contribution in [0.5, 0.6) is 11.5 Å². The van der Waals surface area contributed by atoms with Crippen molar-refractivity contribution in [1.82, 2.24) is 5.32 Å². The number of phenolic OH excluding ortho intramolecular Hbond substituents is 1. The zero-order valence-electron chi connectivity index (χ0n) is 15.6. The van der Waals surface area contributed by atoms with Gasteiger partial charge in [-0.15, -0.1) is 0 Å². The number of amidine groups is 1. The maximum absolute atomic E-state index is 12.2. The second-order valence-corrected chi connectivity index (χ2v) is 6.87. The van der Waals surface area contributed by atoms with Gasteiger partial charge in [0.05, 0.1) is 29.8 Å². The third-order valence-corrected chi connectivity index (χ3v) is 4.65. The maximum Gasteiger partial charge on any atom is 0.316 e. The zero-order valence-corrected chi connectivity index (χ0v) is 17.1. The smallest absolute Gasteiger partial charge is 0.316 e. The summed E-state index contributed by atoms with van der Waals surface area (Å²) in [5.74, 6) is -0.687. The first-order valence-corrected chi connectivity index (χ1v) is 9.31. The van der Waals surface area contributed by atoms with Crippen molar-refractivity contribution in [2.24, 2.45) is 10.2 Å². The molecule has 11 heteroatoms. The number of amides is 2. The first-order valence-electron chi connectivity index (χ1n) is 8.56. The fourth-order valence-corrected chi connectivity index (χ4v) is 2.76. The number of rotatable bonds is 6. The molecule has 3 rings (SSSR count). The van der Waals surface area contributed by atoms with Crippen LogP contribution in [0.15, 0.2) is 46.6 Å². The maximum atomic E-state index is 12.2. The van der Waals surface area contributed by atoms with E-state index in [1.165, 1.54) is 25.5 Å². The van der Waals surface area contributed by atoms with Crippen LogP contribution >= 0.6 is 23.2 Å². The molecular weight excluding hydrogens is 435 g/mol. The Hall–Kier alpha value is -3.30. The van der Waals surface area contributed by atoms with E-state index >= 15 is 0 Å². The predicted octanol–water partition coefficient (Wildman–Crippen LogP) is 2.94. The number of ether oxygens (including phenoxy) is 2. The molecule has 0 saturated carbocycles. The lowest BCUT2D eigenvalue weighted by Crippen LogP contribution is -2.28. The Morgan fingerprint density at radius 2 is 2.10 bits per heavy atom. The van der Waals surface area contributed by atoms with Gasteiger partial charge in [-0.1, -0.05) is 28.3 Å². The number of carbonyl (C=O) groups excluding carboxylic acids is 2. The molecule has 30 heavy (non-hydrogen) atoms. The van der Waals surface area contributed by atoms with Crippen molar-refractivity contribution in [3.8, 4) is 11.5 Å². The molecule has 2 aromatic rings. The van der Waals surface area contributed by atoms with Crippen molar-refractivity contribution in [2.75, 3.05) is 12.4 Å². The topological polar surface area (TPSA) is 122 Å². The van der Waals surface area contributed by atoms with E-state index in [4.69, 9.17) is 32.7 Å². The van der Waals surface area contributed by atoms with Crippen molar-refractivity contribution in [2.45, 2.75) is 12.5 Å². The minimum atomic E-state index is -1.05. The molecule has 1 aliphatic rings. The first-order chi connectivity index (χ1) is 14.4. The van der Waals surface area contributed by atoms with Gasteiger partial charge in [0, 0.05) is 5.69 Å². The van der Waals surface area contributed by atoms with Gasteiger partial charge >= 0.3 is 6.02 Å². The summed E-state index contributed by atoms with van der Waals surface area (Å²) in [6.07, 6.45) is 0.106. The van der Waals surface area contributed by atoms with E-state index in [1.807, 2.05) is 0 Å². The number of hydrogen-bond donors (Lipinski definition) is 3. The van der Waals surface area contributed by atoms with Gasteiger partial charge in [0.15, 0.2) is 17.6 Å². The minimum absolute atomic E-state index is 0.00524. The van der Waals surface area contributed by atoms with Gasteiger partial charge in [-0.2, -0.15) is 5.10 Å². The SMILES string of the molecule is COc1cc(/C=N/N=C2/NC(=O)C(CC(=O)Nc3ccc(Cl)c(Cl)c3)O2)ccc1O. The van der Waals surface area contributed by atoms with Crippen molar-refractivity contribution >= 4 is 52.9 Å². The van der Waals surface area contributed by atoms with Crippen LogP contribution in [0.1, 0.15) is 12.0 Å². The van der Waals surface area contributed by atoms with Crippen LogP contribution in [0.2, 0.25) is 10.0 Å². The Kier molecular flexibility index (Phi) is 6.76. The predicted molar refractivity (Wildman–Crippen MR) is 112 cm³/mol. The first kappa shape index (κ1) is 21.4. The number of hydrogen-bond acceptors (Lipinski definition) is 7. The summed E-state index contributed by atoms with van der Waals surface area (Å²) in [4.78, 5) is 24.1. The highest BCUT2D eigenvalue weighted by Gasteiger charge is 2.33. The zero-order chi connectivity index (χ0) is 21.7. The standard InChI is InChI=1S/C19H16Cl2N4O5/c1-29-15-6-10(2-5-14(15)26)9-22-25-19-24-18(28)16(30-19)8-17(27)23-11-3-4-12(20)13(21)7-11/h2-7,9,16,26H,8H2,1H3,(H,23,27)(H,24,25,28)/b22-9+. The van der Waals surface area contributed by atoms with E-state index in [2.05, 4.69) is 20.8 Å². The molecule has 2 amide bonds. The lowest BCUT2D eigenvalue weighted by atomic mass is 10.2. The molecule has 0 bridgehead atoms. The highest BCUT2D eigenvalue weighted by atomic mass is 35.5. The number of anilines is 1. The summed E-state index contributed by atoms with van der Waals surface area (Å²) >= 11 is 11.7. The number of nitrogens with zero attached hydrogens (tertiary/aromatic N) is 2. The molecule has 0 radical (unpaired) electrons. The molecular formula is C19H16Cl2N4O5. The van der Waals surface area contributed by atoms with Gasteiger partial charge in [0.1, 0.15) is 0 Å². The summed E-state index contributed by atoms with van der Waals surface area (Å²) in [5, 5.41) is 22.8. The molecule has 0 spiro atoms. The van der Waals surface area contributed by atoms with Gasteiger partial charge in [0.2, 0.25) is 5.91 Å². The van der Waals surface area contributed by atoms with Gasteiger partial charge in [-0.3, -0.25) is 14.9 Å². The molecule has 1 aliphatic heterocycles. The minimum Gasteiger partial charge on any atom is -0.504 e. The van der Waals surface area contributed by atoms with Crippen molar-refractivity contribution in [3.63, 3.8) is 0 Å². The van der Waals surface area contributed by atoms with Gasteiger partial charge in [0.25, 0.3) is 5.91 Å². The molecule has 156 valence electrons. The second kappa shape index (κ2) is 9.47. The van der Waals surface area contributed by atoms with E-state index in [0.717, 1.165) is 0 Å². The third-order valence-electron chi connectivity index (χ3n) is 3.91. The molecule has 1 saturated heterocycles. The Bertz CT molecular complexity index is 1040. The van der Waals surface area contributed by atoms with Crippen LogP contribution in [0, 0.1) is 0 Å². The summed E-state index contributed by atoms with van der Waals surface area (Å²) in [6, 6.07) is 9.11. The number of benzene rings is 2. The summed E-state index contributed by atoms with van der Waals surface area (Å²) in [6.45, 7) is 0. The highest BCUT2D eigenvalue weighted by Crippen LogP contribution is 2.26. The number of aromatic hydroxyl groups is 1. The Morgan fingerprint density at radius 3 is 2.83 bits per heavy atom. The molecule has 1 heterocycles. The Labute approximate surface area is 181 Å². The largest absolute Gasteiger partial charge is 0.504 e. The van der Waals surface area contributed by atoms with Crippen LogP contribution in [0.3, 0.4) is 0 Å². The quantitative estimate of drug-likeness (QED) is 0.461.